The van der Waals surface area contributed by atoms with Gasteiger partial charge in [-0.05, 0) is 46.9 Å². The first kappa shape index (κ1) is 16.2. The van der Waals surface area contributed by atoms with Crippen LogP contribution in [0.1, 0.15) is 28.8 Å². The third-order valence-electron chi connectivity index (χ3n) is 5.09. The van der Waals surface area contributed by atoms with Crippen LogP contribution in [0, 0.1) is 5.92 Å². The fourth-order valence-electron chi connectivity index (χ4n) is 3.81. The maximum absolute atomic E-state index is 12.9. The number of hydrogen-bond acceptors (Lipinski definition) is 6. The van der Waals surface area contributed by atoms with E-state index in [4.69, 9.17) is 4.74 Å². The molecular formula is C17H21N5O3. The normalized spacial score (nSPS) is 25.8. The van der Waals surface area contributed by atoms with Crippen molar-refractivity contribution in [1.29, 1.82) is 0 Å². The molecular weight excluding hydrogens is 322 g/mol. The highest BCUT2D eigenvalue weighted by molar-refractivity contribution is 5.94. The van der Waals surface area contributed by atoms with E-state index in [-0.39, 0.29) is 30.6 Å². The minimum atomic E-state index is 0.0332. The summed E-state index contributed by atoms with van der Waals surface area (Å²) in [6.07, 6.45) is 3.25. The molecule has 132 valence electrons. The SMILES string of the molecule is O=C(c1ccc(Cn2cnnn2)cc1)N1CCO[C@H]2C[C@H](CO)C[C@@H]21. The van der Waals surface area contributed by atoms with Gasteiger partial charge in [-0.25, -0.2) is 4.68 Å². The Kier molecular flexibility index (Phi) is 4.46. The molecule has 1 aliphatic heterocycles. The predicted octanol–water partition coefficient (Wildman–Crippen LogP) is 0.333. The number of aliphatic hydroxyl groups is 1. The van der Waals surface area contributed by atoms with E-state index in [1.165, 1.54) is 0 Å². The predicted molar refractivity (Wildman–Crippen MR) is 87.7 cm³/mol. The van der Waals surface area contributed by atoms with Crippen LogP contribution in [0.3, 0.4) is 0 Å². The van der Waals surface area contributed by atoms with Crippen molar-refractivity contribution in [3.63, 3.8) is 0 Å². The Morgan fingerprint density at radius 1 is 1.28 bits per heavy atom. The molecule has 1 N–H and O–H groups in total. The van der Waals surface area contributed by atoms with Gasteiger partial charge in [0.1, 0.15) is 6.33 Å². The molecule has 1 aliphatic carbocycles. The van der Waals surface area contributed by atoms with Crippen LogP contribution in [0.4, 0.5) is 0 Å². The number of hydrogen-bond donors (Lipinski definition) is 1. The zero-order valence-corrected chi connectivity index (χ0v) is 13.9. The standard InChI is InChI=1S/C17H21N5O3/c23-10-13-7-15-16(8-13)25-6-5-22(15)17(24)14-3-1-12(2-4-14)9-21-11-18-19-20-21/h1-4,11,13,15-16,23H,5-10H2/t13-,15+,16+/m1/s1. The first-order valence-corrected chi connectivity index (χ1v) is 8.57. The Balaban J connectivity index is 1.46. The molecule has 8 heteroatoms. The average Bonchev–Trinajstić information content (AvgIpc) is 3.30. The molecule has 4 rings (SSSR count). The molecule has 3 atom stereocenters. The molecule has 0 radical (unpaired) electrons. The molecule has 25 heavy (non-hydrogen) atoms. The van der Waals surface area contributed by atoms with Crippen LogP contribution in [0.25, 0.3) is 0 Å². The highest BCUT2D eigenvalue weighted by Gasteiger charge is 2.42. The summed E-state index contributed by atoms with van der Waals surface area (Å²) in [5, 5.41) is 20.5. The number of fused-ring (bicyclic) bond motifs is 1. The van der Waals surface area contributed by atoms with Crippen molar-refractivity contribution < 1.29 is 14.6 Å². The molecule has 0 bridgehead atoms. The molecule has 1 saturated carbocycles. The monoisotopic (exact) mass is 343 g/mol. The Morgan fingerprint density at radius 2 is 2.12 bits per heavy atom. The highest BCUT2D eigenvalue weighted by Crippen LogP contribution is 2.34. The molecule has 1 amide bonds. The van der Waals surface area contributed by atoms with Crippen molar-refractivity contribution in [2.45, 2.75) is 31.5 Å². The van der Waals surface area contributed by atoms with Crippen LogP contribution in [0.2, 0.25) is 0 Å². The van der Waals surface area contributed by atoms with Crippen molar-refractivity contribution in [1.82, 2.24) is 25.1 Å². The molecule has 0 unspecified atom stereocenters. The van der Waals surface area contributed by atoms with Crippen LogP contribution in [-0.2, 0) is 11.3 Å². The van der Waals surface area contributed by atoms with E-state index in [1.807, 2.05) is 29.2 Å². The summed E-state index contributed by atoms with van der Waals surface area (Å²) in [4.78, 5) is 14.9. The molecule has 8 nitrogen and oxygen atoms in total. The maximum atomic E-state index is 12.9. The van der Waals surface area contributed by atoms with Gasteiger partial charge in [0.25, 0.3) is 5.91 Å². The fraction of sp³-hybridized carbons (Fsp3) is 0.529. The summed E-state index contributed by atoms with van der Waals surface area (Å²) >= 11 is 0. The number of carbonyl (C=O) groups excluding carboxylic acids is 1. The number of ether oxygens (including phenoxy) is 1. The van der Waals surface area contributed by atoms with Crippen molar-refractivity contribution in [2.75, 3.05) is 19.8 Å². The first-order chi connectivity index (χ1) is 12.2. The van der Waals surface area contributed by atoms with Crippen LogP contribution in [-0.4, -0.2) is 68.0 Å². The minimum Gasteiger partial charge on any atom is -0.396 e. The lowest BCUT2D eigenvalue weighted by atomic mass is 10.1. The molecule has 2 aromatic rings. The van der Waals surface area contributed by atoms with Crippen molar-refractivity contribution >= 4 is 5.91 Å². The van der Waals surface area contributed by atoms with Gasteiger partial charge in [-0.2, -0.15) is 0 Å². The molecule has 2 heterocycles. The number of tetrazole rings is 1. The molecule has 2 aliphatic rings. The maximum Gasteiger partial charge on any atom is 0.254 e. The summed E-state index contributed by atoms with van der Waals surface area (Å²) < 4.78 is 7.44. The third-order valence-corrected chi connectivity index (χ3v) is 5.09. The quantitative estimate of drug-likeness (QED) is 0.860. The summed E-state index contributed by atoms with van der Waals surface area (Å²) in [6.45, 7) is 1.89. The van der Waals surface area contributed by atoms with E-state index in [0.29, 0.717) is 25.3 Å². The van der Waals surface area contributed by atoms with Gasteiger partial charge in [0.2, 0.25) is 0 Å². The van der Waals surface area contributed by atoms with E-state index in [0.717, 1.165) is 18.4 Å². The van der Waals surface area contributed by atoms with E-state index in [9.17, 15) is 9.90 Å². The van der Waals surface area contributed by atoms with Gasteiger partial charge in [-0.3, -0.25) is 4.79 Å². The molecule has 0 spiro atoms. The topological polar surface area (TPSA) is 93.4 Å². The average molecular weight is 343 g/mol. The second kappa shape index (κ2) is 6.89. The zero-order valence-electron chi connectivity index (χ0n) is 13.9. The van der Waals surface area contributed by atoms with Gasteiger partial charge in [0, 0.05) is 18.7 Å². The number of morpholine rings is 1. The van der Waals surface area contributed by atoms with E-state index in [2.05, 4.69) is 15.5 Å². The van der Waals surface area contributed by atoms with Gasteiger partial charge in [0.05, 0.1) is 25.3 Å². The molecule has 1 saturated heterocycles. The lowest BCUT2D eigenvalue weighted by molar-refractivity contribution is -0.0448. The summed E-state index contributed by atoms with van der Waals surface area (Å²) in [5.41, 5.74) is 1.71. The lowest BCUT2D eigenvalue weighted by Gasteiger charge is -2.37. The number of carbonyl (C=O) groups is 1. The van der Waals surface area contributed by atoms with Gasteiger partial charge in [-0.15, -0.1) is 5.10 Å². The number of aliphatic hydroxyl groups excluding tert-OH is 1. The number of aromatic nitrogens is 4. The van der Waals surface area contributed by atoms with Crippen LogP contribution in [0.15, 0.2) is 30.6 Å². The zero-order chi connectivity index (χ0) is 17.2. The minimum absolute atomic E-state index is 0.0332. The lowest BCUT2D eigenvalue weighted by Crippen LogP contribution is -2.51. The Morgan fingerprint density at radius 3 is 2.84 bits per heavy atom. The van der Waals surface area contributed by atoms with E-state index < -0.39 is 0 Å². The number of rotatable bonds is 4. The summed E-state index contributed by atoms with van der Waals surface area (Å²) in [5.74, 6) is 0.257. The fourth-order valence-corrected chi connectivity index (χ4v) is 3.81. The largest absolute Gasteiger partial charge is 0.396 e. The molecule has 2 fully saturated rings. The van der Waals surface area contributed by atoms with Gasteiger partial charge in [-0.1, -0.05) is 12.1 Å². The van der Waals surface area contributed by atoms with E-state index >= 15 is 0 Å². The smallest absolute Gasteiger partial charge is 0.254 e. The van der Waals surface area contributed by atoms with Crippen molar-refractivity contribution in [3.8, 4) is 0 Å². The number of benzene rings is 1. The Hall–Kier alpha value is -2.32. The Labute approximate surface area is 145 Å². The van der Waals surface area contributed by atoms with Crippen molar-refractivity contribution in [3.05, 3.63) is 41.7 Å². The number of nitrogens with zero attached hydrogens (tertiary/aromatic N) is 5. The van der Waals surface area contributed by atoms with Crippen LogP contribution in [0.5, 0.6) is 0 Å². The second-order valence-electron chi connectivity index (χ2n) is 6.70. The van der Waals surface area contributed by atoms with Crippen LogP contribution >= 0.6 is 0 Å². The van der Waals surface area contributed by atoms with E-state index in [1.54, 1.807) is 11.0 Å². The highest BCUT2D eigenvalue weighted by atomic mass is 16.5. The Bertz CT molecular complexity index is 718. The summed E-state index contributed by atoms with van der Waals surface area (Å²) in [7, 11) is 0. The first-order valence-electron chi connectivity index (χ1n) is 8.57. The van der Waals surface area contributed by atoms with Gasteiger partial charge < -0.3 is 14.7 Å². The second-order valence-corrected chi connectivity index (χ2v) is 6.70. The van der Waals surface area contributed by atoms with Gasteiger partial charge >= 0.3 is 0 Å². The van der Waals surface area contributed by atoms with Crippen molar-refractivity contribution in [2.24, 2.45) is 5.92 Å². The molecule has 1 aromatic heterocycles. The molecule has 1 aromatic carbocycles. The number of amides is 1. The summed E-state index contributed by atoms with van der Waals surface area (Å²) in [6, 6.07) is 7.63. The van der Waals surface area contributed by atoms with Crippen LogP contribution < -0.4 is 0 Å². The third kappa shape index (κ3) is 3.27. The van der Waals surface area contributed by atoms with Gasteiger partial charge in [0.15, 0.2) is 0 Å².